The van der Waals surface area contributed by atoms with Gasteiger partial charge in [-0.25, -0.2) is 0 Å². The molecule has 1 saturated carbocycles. The maximum Gasteiger partial charge on any atom is 0.311 e. The van der Waals surface area contributed by atoms with E-state index in [1.807, 2.05) is 42.5 Å². The SMILES string of the molecule is O=C(Cc1ccc(Br)cc1)O[C@@H](C(=O)NC1CC1)c1ccccc1. The van der Waals surface area contributed by atoms with Crippen molar-refractivity contribution in [2.75, 3.05) is 0 Å². The van der Waals surface area contributed by atoms with Crippen molar-refractivity contribution in [2.24, 2.45) is 0 Å². The number of rotatable bonds is 6. The summed E-state index contributed by atoms with van der Waals surface area (Å²) in [6, 6.07) is 16.8. The van der Waals surface area contributed by atoms with Crippen molar-refractivity contribution in [1.82, 2.24) is 5.32 Å². The number of nitrogens with one attached hydrogen (secondary N) is 1. The van der Waals surface area contributed by atoms with E-state index in [1.165, 1.54) is 0 Å². The minimum Gasteiger partial charge on any atom is -0.447 e. The molecule has 2 aromatic carbocycles. The highest BCUT2D eigenvalue weighted by Gasteiger charge is 2.30. The van der Waals surface area contributed by atoms with Crippen LogP contribution in [0.3, 0.4) is 0 Å². The lowest BCUT2D eigenvalue weighted by Gasteiger charge is -2.18. The Kier molecular flexibility index (Phi) is 5.30. The summed E-state index contributed by atoms with van der Waals surface area (Å²) >= 11 is 3.36. The summed E-state index contributed by atoms with van der Waals surface area (Å²) in [7, 11) is 0. The number of ether oxygens (including phenoxy) is 1. The number of benzene rings is 2. The number of esters is 1. The fourth-order valence-corrected chi connectivity index (χ4v) is 2.61. The van der Waals surface area contributed by atoms with E-state index in [0.717, 1.165) is 22.9 Å². The van der Waals surface area contributed by atoms with Crippen LogP contribution in [0.1, 0.15) is 30.1 Å². The zero-order chi connectivity index (χ0) is 16.9. The van der Waals surface area contributed by atoms with E-state index in [9.17, 15) is 9.59 Å². The quantitative estimate of drug-likeness (QED) is 0.770. The van der Waals surface area contributed by atoms with Gasteiger partial charge in [-0.05, 0) is 30.5 Å². The van der Waals surface area contributed by atoms with Gasteiger partial charge in [-0.3, -0.25) is 9.59 Å². The number of carbonyl (C=O) groups is 2. The van der Waals surface area contributed by atoms with Gasteiger partial charge in [0, 0.05) is 16.1 Å². The molecule has 1 amide bonds. The molecule has 0 heterocycles. The Labute approximate surface area is 149 Å². The van der Waals surface area contributed by atoms with Crippen molar-refractivity contribution in [3.05, 3.63) is 70.2 Å². The van der Waals surface area contributed by atoms with E-state index < -0.39 is 12.1 Å². The molecular weight excluding hydrogens is 370 g/mol. The molecule has 124 valence electrons. The topological polar surface area (TPSA) is 55.4 Å². The molecule has 1 fully saturated rings. The van der Waals surface area contributed by atoms with Crippen LogP contribution in [0, 0.1) is 0 Å². The Morgan fingerprint density at radius 3 is 2.38 bits per heavy atom. The van der Waals surface area contributed by atoms with E-state index in [1.54, 1.807) is 12.1 Å². The minimum atomic E-state index is -0.908. The molecule has 5 heteroatoms. The Bertz CT molecular complexity index is 711. The fraction of sp³-hybridized carbons (Fsp3) is 0.263. The molecule has 2 aromatic rings. The second kappa shape index (κ2) is 7.62. The Balaban J connectivity index is 1.69. The van der Waals surface area contributed by atoms with E-state index in [4.69, 9.17) is 4.74 Å². The van der Waals surface area contributed by atoms with E-state index in [2.05, 4.69) is 21.2 Å². The maximum absolute atomic E-state index is 12.4. The van der Waals surface area contributed by atoms with Gasteiger partial charge in [-0.1, -0.05) is 58.4 Å². The Hall–Kier alpha value is -2.14. The Morgan fingerprint density at radius 1 is 1.08 bits per heavy atom. The van der Waals surface area contributed by atoms with Gasteiger partial charge in [0.1, 0.15) is 0 Å². The van der Waals surface area contributed by atoms with Gasteiger partial charge in [0.25, 0.3) is 5.91 Å². The average Bonchev–Trinajstić information content (AvgIpc) is 3.39. The standard InChI is InChI=1S/C19H18BrNO3/c20-15-8-6-13(7-9-15)12-17(22)24-18(14-4-2-1-3-5-14)19(23)21-16-10-11-16/h1-9,16,18H,10-12H2,(H,21,23)/t18-/m1/s1. The zero-order valence-corrected chi connectivity index (χ0v) is 14.7. The summed E-state index contributed by atoms with van der Waals surface area (Å²) in [6.07, 6.45) is 1.20. The second-order valence-electron chi connectivity index (χ2n) is 5.87. The first kappa shape index (κ1) is 16.7. The summed E-state index contributed by atoms with van der Waals surface area (Å²) < 4.78 is 6.45. The van der Waals surface area contributed by atoms with Crippen LogP contribution < -0.4 is 5.32 Å². The molecule has 4 nitrogen and oxygen atoms in total. The first-order valence-corrected chi connectivity index (χ1v) is 8.70. The van der Waals surface area contributed by atoms with Gasteiger partial charge >= 0.3 is 5.97 Å². The third kappa shape index (κ3) is 4.68. The van der Waals surface area contributed by atoms with Crippen molar-refractivity contribution in [3.63, 3.8) is 0 Å². The highest BCUT2D eigenvalue weighted by atomic mass is 79.9. The van der Waals surface area contributed by atoms with Crippen LogP contribution in [0.15, 0.2) is 59.1 Å². The van der Waals surface area contributed by atoms with Crippen molar-refractivity contribution < 1.29 is 14.3 Å². The predicted octanol–water partition coefficient (Wildman–Crippen LogP) is 3.55. The van der Waals surface area contributed by atoms with Crippen LogP contribution in [-0.4, -0.2) is 17.9 Å². The molecule has 1 atom stereocenters. The molecule has 24 heavy (non-hydrogen) atoms. The summed E-state index contributed by atoms with van der Waals surface area (Å²) in [5.41, 5.74) is 1.53. The number of hydrogen-bond acceptors (Lipinski definition) is 3. The van der Waals surface area contributed by atoms with Crippen LogP contribution in [-0.2, 0) is 20.7 Å². The molecule has 0 spiro atoms. The largest absolute Gasteiger partial charge is 0.447 e. The molecule has 0 unspecified atom stereocenters. The van der Waals surface area contributed by atoms with Crippen molar-refractivity contribution in [2.45, 2.75) is 31.4 Å². The smallest absolute Gasteiger partial charge is 0.311 e. The summed E-state index contributed by atoms with van der Waals surface area (Å²) in [6.45, 7) is 0. The van der Waals surface area contributed by atoms with Crippen molar-refractivity contribution in [3.8, 4) is 0 Å². The van der Waals surface area contributed by atoms with Crippen molar-refractivity contribution >= 4 is 27.8 Å². The summed E-state index contributed by atoms with van der Waals surface area (Å²) in [4.78, 5) is 24.7. The van der Waals surface area contributed by atoms with Gasteiger partial charge in [0.15, 0.2) is 0 Å². The third-order valence-electron chi connectivity index (χ3n) is 3.78. The molecule has 0 bridgehead atoms. The zero-order valence-electron chi connectivity index (χ0n) is 13.1. The first-order chi connectivity index (χ1) is 11.6. The van der Waals surface area contributed by atoms with Crippen LogP contribution >= 0.6 is 15.9 Å². The Morgan fingerprint density at radius 2 is 1.75 bits per heavy atom. The van der Waals surface area contributed by atoms with Crippen LogP contribution in [0.25, 0.3) is 0 Å². The molecular formula is C19H18BrNO3. The lowest BCUT2D eigenvalue weighted by molar-refractivity contribution is -0.156. The lowest BCUT2D eigenvalue weighted by Crippen LogP contribution is -2.33. The van der Waals surface area contributed by atoms with Gasteiger partial charge < -0.3 is 10.1 Å². The minimum absolute atomic E-state index is 0.132. The number of amides is 1. The maximum atomic E-state index is 12.4. The molecule has 1 aliphatic rings. The van der Waals surface area contributed by atoms with Gasteiger partial charge in [-0.2, -0.15) is 0 Å². The van der Waals surface area contributed by atoms with E-state index in [0.29, 0.717) is 5.56 Å². The highest BCUT2D eigenvalue weighted by molar-refractivity contribution is 9.10. The monoisotopic (exact) mass is 387 g/mol. The number of carbonyl (C=O) groups excluding carboxylic acids is 2. The highest BCUT2D eigenvalue weighted by Crippen LogP contribution is 2.23. The van der Waals surface area contributed by atoms with E-state index in [-0.39, 0.29) is 18.4 Å². The molecule has 1 N–H and O–H groups in total. The fourth-order valence-electron chi connectivity index (χ4n) is 2.35. The lowest BCUT2D eigenvalue weighted by atomic mass is 10.1. The van der Waals surface area contributed by atoms with E-state index >= 15 is 0 Å². The molecule has 0 aliphatic heterocycles. The third-order valence-corrected chi connectivity index (χ3v) is 4.30. The predicted molar refractivity (Wildman–Crippen MR) is 94.3 cm³/mol. The van der Waals surface area contributed by atoms with Crippen molar-refractivity contribution in [1.29, 1.82) is 0 Å². The second-order valence-corrected chi connectivity index (χ2v) is 6.78. The molecule has 0 aromatic heterocycles. The van der Waals surface area contributed by atoms with Crippen LogP contribution in [0.4, 0.5) is 0 Å². The molecule has 0 saturated heterocycles. The molecule has 1 aliphatic carbocycles. The number of halogens is 1. The molecule has 3 rings (SSSR count). The van der Waals surface area contributed by atoms with Crippen LogP contribution in [0.2, 0.25) is 0 Å². The summed E-state index contributed by atoms with van der Waals surface area (Å²) in [5.74, 6) is -0.676. The molecule has 0 radical (unpaired) electrons. The summed E-state index contributed by atoms with van der Waals surface area (Å²) in [5, 5.41) is 2.91. The van der Waals surface area contributed by atoms with Gasteiger partial charge in [0.2, 0.25) is 6.10 Å². The number of hydrogen-bond donors (Lipinski definition) is 1. The normalized spacial score (nSPS) is 14.7. The first-order valence-electron chi connectivity index (χ1n) is 7.91. The van der Waals surface area contributed by atoms with Gasteiger partial charge in [-0.15, -0.1) is 0 Å². The van der Waals surface area contributed by atoms with Crippen LogP contribution in [0.5, 0.6) is 0 Å². The average molecular weight is 388 g/mol. The van der Waals surface area contributed by atoms with Gasteiger partial charge in [0.05, 0.1) is 6.42 Å².